The molecule has 10 rings (SSSR count). The molecule has 10 aromatic carbocycles. The van der Waals surface area contributed by atoms with Crippen molar-refractivity contribution in [3.05, 3.63) is 300 Å². The largest absolute Gasteiger partial charge is 0.311 e. The second kappa shape index (κ2) is 25.0. The molecule has 0 amide bonds. The first-order chi connectivity index (χ1) is 33.8. The van der Waals surface area contributed by atoms with E-state index in [0.717, 1.165) is 80.0 Å². The van der Waals surface area contributed by atoms with Crippen LogP contribution in [0.15, 0.2) is 289 Å². The van der Waals surface area contributed by atoms with Gasteiger partial charge in [-0.05, 0) is 187 Å². The predicted molar refractivity (Wildman–Crippen MR) is 311 cm³/mol. The number of nitrogens with zero attached hydrogens (tertiary/aromatic N) is 3. The maximum atomic E-state index is 3.56. The summed E-state index contributed by atoms with van der Waals surface area (Å²) in [7, 11) is 0. The van der Waals surface area contributed by atoms with Gasteiger partial charge in [0.1, 0.15) is 0 Å². The molecule has 0 spiro atoms. The molecule has 0 saturated heterocycles. The average Bonchev–Trinajstić information content (AvgIpc) is 3.39. The van der Waals surface area contributed by atoms with Gasteiger partial charge in [-0.25, -0.2) is 0 Å². The minimum atomic E-state index is 1.03. The fourth-order valence-corrected chi connectivity index (χ4v) is 8.95. The van der Waals surface area contributed by atoms with Crippen LogP contribution in [0.1, 0.15) is 11.1 Å². The summed E-state index contributed by atoms with van der Waals surface area (Å²) in [5.74, 6) is 0. The lowest BCUT2D eigenvalue weighted by atomic mass is 10.1. The third kappa shape index (κ3) is 14.1. The lowest BCUT2D eigenvalue weighted by Crippen LogP contribution is -2.12. The van der Waals surface area contributed by atoms with Crippen LogP contribution in [0.3, 0.4) is 0 Å². The van der Waals surface area contributed by atoms with E-state index in [1.54, 1.807) is 0 Å². The van der Waals surface area contributed by atoms with Crippen molar-refractivity contribution in [1.82, 2.24) is 0 Å². The molecule has 0 unspecified atom stereocenters. The number of hydrogen-bond donors (Lipinski definition) is 0. The fourth-order valence-electron chi connectivity index (χ4n) is 7.62. The predicted octanol–water partition coefficient (Wildman–Crippen LogP) is 20.9. The van der Waals surface area contributed by atoms with Crippen molar-refractivity contribution in [3.8, 4) is 0 Å². The van der Waals surface area contributed by atoms with Crippen molar-refractivity contribution in [2.24, 2.45) is 0 Å². The summed E-state index contributed by atoms with van der Waals surface area (Å²) in [6, 6.07) is 92.5. The molecule has 0 N–H and O–H groups in total. The molecule has 69 heavy (non-hydrogen) atoms. The molecule has 0 aliphatic heterocycles. The summed E-state index contributed by atoms with van der Waals surface area (Å²) in [4.78, 5) is 6.76. The lowest BCUT2D eigenvalue weighted by molar-refractivity contribution is 1.19. The summed E-state index contributed by atoms with van der Waals surface area (Å²) in [5, 5.41) is 0. The molecule has 0 radical (unpaired) electrons. The number of anilines is 9. The van der Waals surface area contributed by atoms with Crippen LogP contribution in [0.5, 0.6) is 0 Å². The molecule has 0 fully saturated rings. The second-order valence-corrected chi connectivity index (χ2v) is 20.3. The Morgan fingerprint density at radius 1 is 0.188 bits per heavy atom. The highest BCUT2D eigenvalue weighted by Crippen LogP contribution is 2.40. The van der Waals surface area contributed by atoms with Gasteiger partial charge >= 0.3 is 0 Å². The molecule has 8 heteroatoms. The Balaban J connectivity index is 0.000000156. The summed E-state index contributed by atoms with van der Waals surface area (Å²) >= 11 is 17.6. The third-order valence-electron chi connectivity index (χ3n) is 10.9. The first-order valence-corrected chi connectivity index (χ1v) is 26.2. The normalized spacial score (nSPS) is 10.4. The van der Waals surface area contributed by atoms with Crippen molar-refractivity contribution in [2.75, 3.05) is 14.7 Å². The molecule has 0 bridgehead atoms. The van der Waals surface area contributed by atoms with Crippen molar-refractivity contribution in [2.45, 2.75) is 6.42 Å². The third-order valence-corrected chi connectivity index (χ3v) is 13.6. The highest BCUT2D eigenvalue weighted by molar-refractivity contribution is 9.11. The summed E-state index contributed by atoms with van der Waals surface area (Å²) in [6.07, 6.45) is 1.03. The van der Waals surface area contributed by atoms with Crippen LogP contribution in [-0.4, -0.2) is 0 Å². The van der Waals surface area contributed by atoms with Crippen LogP contribution in [0.4, 0.5) is 51.2 Å². The average molecular weight is 1220 g/mol. The molecule has 0 aromatic heterocycles. The number of para-hydroxylation sites is 2. The smallest absolute Gasteiger partial charge is 0.0463 e. The zero-order chi connectivity index (χ0) is 47.8. The SMILES string of the molecule is Brc1ccc(N(c2ccc(Br)cc2)c2ccc(Br)cc2)cc1.Brc1ccc(N(c2ccc(Br)cc2)c2ccc(N(c3ccccc3)c3ccccc3)cc2)cc1.c1ccc(Cc2ccccc2)cc1. The van der Waals surface area contributed by atoms with Crippen LogP contribution in [0.25, 0.3) is 0 Å². The molecular weight excluding hydrogens is 1170 g/mol. The molecule has 3 nitrogen and oxygen atoms in total. The van der Waals surface area contributed by atoms with Gasteiger partial charge in [-0.1, -0.05) is 177 Å². The van der Waals surface area contributed by atoms with Crippen LogP contribution in [-0.2, 0) is 6.42 Å². The van der Waals surface area contributed by atoms with Gasteiger partial charge < -0.3 is 14.7 Å². The second-order valence-electron chi connectivity index (χ2n) is 15.7. The molecule has 0 aliphatic carbocycles. The van der Waals surface area contributed by atoms with E-state index < -0.39 is 0 Å². The molecule has 340 valence electrons. The fraction of sp³-hybridized carbons (Fsp3) is 0.0164. The van der Waals surface area contributed by atoms with E-state index in [-0.39, 0.29) is 0 Å². The van der Waals surface area contributed by atoms with Crippen molar-refractivity contribution < 1.29 is 0 Å². The van der Waals surface area contributed by atoms with E-state index in [9.17, 15) is 0 Å². The van der Waals surface area contributed by atoms with Gasteiger partial charge in [0.05, 0.1) is 0 Å². The van der Waals surface area contributed by atoms with E-state index >= 15 is 0 Å². The Hall–Kier alpha value is -6.00. The molecule has 10 aromatic rings. The van der Waals surface area contributed by atoms with Gasteiger partial charge in [0, 0.05) is 73.6 Å². The summed E-state index contributed by atoms with van der Waals surface area (Å²) in [5.41, 5.74) is 12.7. The number of hydrogen-bond acceptors (Lipinski definition) is 3. The Morgan fingerprint density at radius 3 is 0.551 bits per heavy atom. The van der Waals surface area contributed by atoms with Crippen LogP contribution < -0.4 is 14.7 Å². The van der Waals surface area contributed by atoms with E-state index in [1.807, 2.05) is 12.1 Å². The number of rotatable bonds is 11. The van der Waals surface area contributed by atoms with Crippen LogP contribution >= 0.6 is 79.6 Å². The van der Waals surface area contributed by atoms with Gasteiger partial charge in [-0.2, -0.15) is 0 Å². The maximum absolute atomic E-state index is 3.56. The minimum Gasteiger partial charge on any atom is -0.311 e. The minimum absolute atomic E-state index is 1.03. The highest BCUT2D eigenvalue weighted by Gasteiger charge is 2.16. The van der Waals surface area contributed by atoms with Crippen molar-refractivity contribution in [3.63, 3.8) is 0 Å². The molecule has 0 heterocycles. The van der Waals surface area contributed by atoms with Gasteiger partial charge in [-0.3, -0.25) is 0 Å². The molecule has 0 atom stereocenters. The first kappa shape index (κ1) is 49.4. The Kier molecular flexibility index (Phi) is 17.9. The lowest BCUT2D eigenvalue weighted by Gasteiger charge is -2.28. The van der Waals surface area contributed by atoms with E-state index in [2.05, 4.69) is 349 Å². The number of benzene rings is 10. The van der Waals surface area contributed by atoms with Crippen molar-refractivity contribution in [1.29, 1.82) is 0 Å². The van der Waals surface area contributed by atoms with Gasteiger partial charge in [0.25, 0.3) is 0 Å². The first-order valence-electron chi connectivity index (χ1n) is 22.2. The molecule has 0 saturated carbocycles. The van der Waals surface area contributed by atoms with E-state index in [0.29, 0.717) is 0 Å². The summed E-state index contributed by atoms with van der Waals surface area (Å²) < 4.78 is 5.33. The van der Waals surface area contributed by atoms with Gasteiger partial charge in [-0.15, -0.1) is 0 Å². The Labute approximate surface area is 448 Å². The topological polar surface area (TPSA) is 9.72 Å². The quantitative estimate of drug-likeness (QED) is 0.128. The van der Waals surface area contributed by atoms with Crippen LogP contribution in [0.2, 0.25) is 0 Å². The Morgan fingerprint density at radius 2 is 0.348 bits per heavy atom. The van der Waals surface area contributed by atoms with E-state index in [1.165, 1.54) is 11.1 Å². The standard InChI is InChI=1S/C30H22Br2N2.C18H12Br3N.C13H12/c31-23-11-15-27(16-12-23)34(28-17-13-24(32)14-18-28)30-21-19-29(20-22-30)33(25-7-3-1-4-8-25)26-9-5-2-6-10-26;19-13-1-7-16(8-2-13)22(17-9-3-14(20)4-10-17)18-11-5-15(21)6-12-18;1-3-7-12(8-4-1)11-13-9-5-2-6-10-13/h1-22H;1-12H;1-10H,11H2. The van der Waals surface area contributed by atoms with Gasteiger partial charge in [0.15, 0.2) is 0 Å². The number of halogens is 5. The van der Waals surface area contributed by atoms with Crippen molar-refractivity contribution >= 4 is 131 Å². The Bertz CT molecular complexity index is 2840. The molecular formula is C61H46Br5N3. The monoisotopic (exact) mass is 1210 g/mol. The van der Waals surface area contributed by atoms with Crippen LogP contribution in [0, 0.1) is 0 Å². The highest BCUT2D eigenvalue weighted by atomic mass is 79.9. The summed E-state index contributed by atoms with van der Waals surface area (Å²) in [6.45, 7) is 0. The maximum Gasteiger partial charge on any atom is 0.0463 e. The van der Waals surface area contributed by atoms with Gasteiger partial charge in [0.2, 0.25) is 0 Å². The van der Waals surface area contributed by atoms with E-state index in [4.69, 9.17) is 0 Å². The zero-order valence-corrected chi connectivity index (χ0v) is 45.3. The zero-order valence-electron chi connectivity index (χ0n) is 37.3. The molecule has 0 aliphatic rings.